The molecule has 1 fully saturated rings. The van der Waals surface area contributed by atoms with Crippen LogP contribution in [0.3, 0.4) is 0 Å². The van der Waals surface area contributed by atoms with Gasteiger partial charge < -0.3 is 15.1 Å². The molecule has 2 heterocycles. The van der Waals surface area contributed by atoms with E-state index in [9.17, 15) is 4.39 Å². The molecule has 0 spiro atoms. The molecule has 28 heavy (non-hydrogen) atoms. The van der Waals surface area contributed by atoms with Crippen LogP contribution in [0.2, 0.25) is 0 Å². The highest BCUT2D eigenvalue weighted by Crippen LogP contribution is 2.24. The molecule has 0 radical (unpaired) electrons. The zero-order valence-corrected chi connectivity index (χ0v) is 16.2. The topological polar surface area (TPSA) is 44.3 Å². The largest absolute Gasteiger partial charge is 0.366 e. The summed E-state index contributed by atoms with van der Waals surface area (Å²) < 4.78 is 14.0. The minimum atomic E-state index is -0.174. The number of nitrogens with zero attached hydrogens (tertiary/aromatic N) is 4. The van der Waals surface area contributed by atoms with Crippen molar-refractivity contribution in [2.75, 3.05) is 41.3 Å². The number of aryl methyl sites for hydroxylation is 2. The number of benzene rings is 2. The highest BCUT2D eigenvalue weighted by Gasteiger charge is 2.21. The summed E-state index contributed by atoms with van der Waals surface area (Å²) in [7, 11) is 0. The van der Waals surface area contributed by atoms with Crippen molar-refractivity contribution in [2.24, 2.45) is 0 Å². The number of nitrogens with one attached hydrogen (secondary N) is 1. The van der Waals surface area contributed by atoms with Gasteiger partial charge in [-0.15, -0.1) is 0 Å². The second kappa shape index (κ2) is 7.84. The van der Waals surface area contributed by atoms with Crippen molar-refractivity contribution in [3.05, 3.63) is 71.7 Å². The van der Waals surface area contributed by atoms with Gasteiger partial charge in [0.05, 0.1) is 5.69 Å². The number of anilines is 4. The van der Waals surface area contributed by atoms with Crippen LogP contribution >= 0.6 is 0 Å². The smallest absolute Gasteiger partial charge is 0.227 e. The van der Waals surface area contributed by atoms with Gasteiger partial charge >= 0.3 is 0 Å². The van der Waals surface area contributed by atoms with Gasteiger partial charge in [0.15, 0.2) is 0 Å². The van der Waals surface area contributed by atoms with Crippen molar-refractivity contribution in [1.29, 1.82) is 0 Å². The average molecular weight is 377 g/mol. The molecule has 4 rings (SSSR count). The SMILES string of the molecule is Cc1ccc(C)c(Nc2ccnc(N3CCN(c4ccccc4F)CC3)n2)c1. The molecular weight excluding hydrogens is 353 g/mol. The predicted octanol–water partition coefficient (Wildman–Crippen LogP) is 4.30. The highest BCUT2D eigenvalue weighted by atomic mass is 19.1. The molecule has 0 bridgehead atoms. The van der Waals surface area contributed by atoms with Gasteiger partial charge in [0.25, 0.3) is 0 Å². The fourth-order valence-electron chi connectivity index (χ4n) is 3.43. The van der Waals surface area contributed by atoms with E-state index in [0.717, 1.165) is 37.7 Å². The lowest BCUT2D eigenvalue weighted by molar-refractivity contribution is 0.594. The van der Waals surface area contributed by atoms with Gasteiger partial charge in [0, 0.05) is 38.1 Å². The maximum absolute atomic E-state index is 14.0. The van der Waals surface area contributed by atoms with Crippen molar-refractivity contribution in [3.8, 4) is 0 Å². The van der Waals surface area contributed by atoms with Crippen molar-refractivity contribution in [2.45, 2.75) is 13.8 Å². The van der Waals surface area contributed by atoms with Crippen LogP contribution < -0.4 is 15.1 Å². The molecule has 1 aliphatic heterocycles. The lowest BCUT2D eigenvalue weighted by atomic mass is 10.1. The summed E-state index contributed by atoms with van der Waals surface area (Å²) in [5, 5.41) is 3.40. The quantitative estimate of drug-likeness (QED) is 0.734. The Bertz CT molecular complexity index is 967. The first kappa shape index (κ1) is 18.2. The normalized spacial score (nSPS) is 14.2. The number of hydrogen-bond donors (Lipinski definition) is 1. The van der Waals surface area contributed by atoms with E-state index in [0.29, 0.717) is 11.6 Å². The van der Waals surface area contributed by atoms with E-state index >= 15 is 0 Å². The van der Waals surface area contributed by atoms with Gasteiger partial charge in [-0.2, -0.15) is 4.98 Å². The Balaban J connectivity index is 1.45. The van der Waals surface area contributed by atoms with Crippen LogP contribution in [0.4, 0.5) is 27.5 Å². The van der Waals surface area contributed by atoms with Crippen LogP contribution in [0.25, 0.3) is 0 Å². The molecule has 1 N–H and O–H groups in total. The monoisotopic (exact) mass is 377 g/mol. The lowest BCUT2D eigenvalue weighted by Gasteiger charge is -2.36. The molecule has 0 aliphatic carbocycles. The lowest BCUT2D eigenvalue weighted by Crippen LogP contribution is -2.47. The maximum Gasteiger partial charge on any atom is 0.227 e. The van der Waals surface area contributed by atoms with Crippen LogP contribution in [-0.4, -0.2) is 36.1 Å². The van der Waals surface area contributed by atoms with E-state index < -0.39 is 0 Å². The minimum absolute atomic E-state index is 0.174. The number of hydrogen-bond acceptors (Lipinski definition) is 5. The van der Waals surface area contributed by atoms with Crippen LogP contribution in [0.5, 0.6) is 0 Å². The van der Waals surface area contributed by atoms with Gasteiger partial charge in [0.1, 0.15) is 11.6 Å². The fourth-order valence-corrected chi connectivity index (χ4v) is 3.43. The number of aromatic nitrogens is 2. The van der Waals surface area contributed by atoms with Crippen molar-refractivity contribution >= 4 is 23.1 Å². The third-order valence-electron chi connectivity index (χ3n) is 5.05. The van der Waals surface area contributed by atoms with Crippen LogP contribution in [0.15, 0.2) is 54.7 Å². The minimum Gasteiger partial charge on any atom is -0.366 e. The Hall–Kier alpha value is -3.15. The zero-order chi connectivity index (χ0) is 19.5. The summed E-state index contributed by atoms with van der Waals surface area (Å²) in [6.45, 7) is 7.12. The highest BCUT2D eigenvalue weighted by molar-refractivity contribution is 5.62. The van der Waals surface area contributed by atoms with Gasteiger partial charge in [-0.05, 0) is 49.2 Å². The van der Waals surface area contributed by atoms with Crippen molar-refractivity contribution in [3.63, 3.8) is 0 Å². The first-order chi connectivity index (χ1) is 13.6. The Morgan fingerprint density at radius 1 is 0.929 bits per heavy atom. The van der Waals surface area contributed by atoms with E-state index in [1.807, 2.05) is 18.2 Å². The van der Waals surface area contributed by atoms with Crippen molar-refractivity contribution < 1.29 is 4.39 Å². The molecule has 0 atom stereocenters. The maximum atomic E-state index is 14.0. The summed E-state index contributed by atoms with van der Waals surface area (Å²) >= 11 is 0. The molecule has 1 aromatic heterocycles. The summed E-state index contributed by atoms with van der Waals surface area (Å²) in [4.78, 5) is 13.3. The summed E-state index contributed by atoms with van der Waals surface area (Å²) in [6.07, 6.45) is 1.78. The van der Waals surface area contributed by atoms with Crippen LogP contribution in [0.1, 0.15) is 11.1 Å². The fraction of sp³-hybridized carbons (Fsp3) is 0.273. The van der Waals surface area contributed by atoms with E-state index in [-0.39, 0.29) is 5.82 Å². The van der Waals surface area contributed by atoms with Gasteiger partial charge in [-0.25, -0.2) is 9.37 Å². The number of piperazine rings is 1. The molecule has 5 nitrogen and oxygen atoms in total. The summed E-state index contributed by atoms with van der Waals surface area (Å²) in [6, 6.07) is 15.1. The summed E-state index contributed by atoms with van der Waals surface area (Å²) in [5.74, 6) is 1.30. The average Bonchev–Trinajstić information content (AvgIpc) is 2.72. The van der Waals surface area contributed by atoms with E-state index in [4.69, 9.17) is 0 Å². The Kier molecular flexibility index (Phi) is 5.10. The van der Waals surface area contributed by atoms with Gasteiger partial charge in [0.2, 0.25) is 5.95 Å². The van der Waals surface area contributed by atoms with Crippen LogP contribution in [0, 0.1) is 19.7 Å². The molecule has 1 saturated heterocycles. The molecule has 1 aliphatic rings. The second-order valence-corrected chi connectivity index (χ2v) is 7.11. The summed E-state index contributed by atoms with van der Waals surface area (Å²) in [5.41, 5.74) is 4.08. The molecular formula is C22H24FN5. The standard InChI is InChI=1S/C22H24FN5/c1-16-7-8-17(2)19(15-16)25-21-9-10-24-22(26-21)28-13-11-27(12-14-28)20-6-4-3-5-18(20)23/h3-10,15H,11-14H2,1-2H3,(H,24,25,26). The second-order valence-electron chi connectivity index (χ2n) is 7.11. The first-order valence-electron chi connectivity index (χ1n) is 9.52. The zero-order valence-electron chi connectivity index (χ0n) is 16.2. The molecule has 3 aromatic rings. The Labute approximate surface area is 164 Å². The molecule has 2 aromatic carbocycles. The van der Waals surface area contributed by atoms with E-state index in [1.54, 1.807) is 12.3 Å². The third kappa shape index (κ3) is 3.91. The molecule has 144 valence electrons. The number of halogens is 1. The Morgan fingerprint density at radius 3 is 2.46 bits per heavy atom. The molecule has 6 heteroatoms. The molecule has 0 amide bonds. The number of para-hydroxylation sites is 1. The van der Waals surface area contributed by atoms with E-state index in [1.165, 1.54) is 17.2 Å². The molecule has 0 saturated carbocycles. The Morgan fingerprint density at radius 2 is 1.68 bits per heavy atom. The van der Waals surface area contributed by atoms with E-state index in [2.05, 4.69) is 57.1 Å². The first-order valence-corrected chi connectivity index (χ1v) is 9.52. The van der Waals surface area contributed by atoms with Crippen molar-refractivity contribution in [1.82, 2.24) is 9.97 Å². The third-order valence-corrected chi connectivity index (χ3v) is 5.05. The predicted molar refractivity (Wildman–Crippen MR) is 112 cm³/mol. The van der Waals surface area contributed by atoms with Gasteiger partial charge in [-0.1, -0.05) is 24.3 Å². The van der Waals surface area contributed by atoms with Gasteiger partial charge in [-0.3, -0.25) is 0 Å². The van der Waals surface area contributed by atoms with Crippen LogP contribution in [-0.2, 0) is 0 Å². The number of rotatable bonds is 4. The molecule has 0 unspecified atom stereocenters.